The average molecular weight is 261 g/mol. The van der Waals surface area contributed by atoms with Crippen molar-refractivity contribution in [3.63, 3.8) is 0 Å². The molecule has 100 valence electrons. The fraction of sp³-hybridized carbons (Fsp3) is 0.923. The van der Waals surface area contributed by atoms with E-state index in [1.54, 1.807) is 0 Å². The summed E-state index contributed by atoms with van der Waals surface area (Å²) in [6.07, 6.45) is 8.09. The van der Waals surface area contributed by atoms with Gasteiger partial charge < -0.3 is 10.6 Å². The summed E-state index contributed by atoms with van der Waals surface area (Å²) in [5, 5.41) is 6.60. The summed E-state index contributed by atoms with van der Waals surface area (Å²) < 4.78 is 0. The molecule has 2 unspecified atom stereocenters. The third kappa shape index (κ3) is 4.84. The highest BCUT2D eigenvalue weighted by atomic mass is 35.5. The van der Waals surface area contributed by atoms with Gasteiger partial charge in [0.05, 0.1) is 0 Å². The highest BCUT2D eigenvalue weighted by Crippen LogP contribution is 2.27. The molecule has 17 heavy (non-hydrogen) atoms. The molecule has 0 aromatic heterocycles. The van der Waals surface area contributed by atoms with Crippen molar-refractivity contribution < 1.29 is 4.79 Å². The van der Waals surface area contributed by atoms with Crippen LogP contribution in [0.4, 0.5) is 0 Å². The topological polar surface area (TPSA) is 41.1 Å². The molecule has 1 saturated carbocycles. The maximum absolute atomic E-state index is 11.8. The molecule has 3 nitrogen and oxygen atoms in total. The minimum absolute atomic E-state index is 0. The van der Waals surface area contributed by atoms with Crippen molar-refractivity contribution in [3.8, 4) is 0 Å². The number of piperidine rings is 1. The smallest absolute Gasteiger partial charge is 0.220 e. The van der Waals surface area contributed by atoms with Gasteiger partial charge in [-0.2, -0.15) is 0 Å². The lowest BCUT2D eigenvalue weighted by atomic mass is 9.99. The predicted molar refractivity (Wildman–Crippen MR) is 72.5 cm³/mol. The van der Waals surface area contributed by atoms with E-state index < -0.39 is 0 Å². The quantitative estimate of drug-likeness (QED) is 0.817. The monoisotopic (exact) mass is 260 g/mol. The number of hydrogen-bond acceptors (Lipinski definition) is 2. The van der Waals surface area contributed by atoms with Gasteiger partial charge in [0.25, 0.3) is 0 Å². The van der Waals surface area contributed by atoms with Gasteiger partial charge in [0.15, 0.2) is 0 Å². The van der Waals surface area contributed by atoms with Crippen LogP contribution < -0.4 is 10.6 Å². The summed E-state index contributed by atoms with van der Waals surface area (Å²) >= 11 is 0. The largest absolute Gasteiger partial charge is 0.353 e. The van der Waals surface area contributed by atoms with E-state index in [9.17, 15) is 4.79 Å². The standard InChI is InChI=1S/C13H24N2O.ClH/c1-10-8-12(6-7-14-10)15-13(16)9-11-4-2-3-5-11;/h10-12,14H,2-9H2,1H3,(H,15,16);1H. The van der Waals surface area contributed by atoms with Crippen LogP contribution in [0, 0.1) is 5.92 Å². The zero-order valence-electron chi connectivity index (χ0n) is 10.7. The molecule has 0 aromatic carbocycles. The van der Waals surface area contributed by atoms with Crippen molar-refractivity contribution in [2.75, 3.05) is 6.54 Å². The minimum Gasteiger partial charge on any atom is -0.353 e. The number of amides is 1. The second-order valence-electron chi connectivity index (χ2n) is 5.50. The molecule has 2 aliphatic rings. The van der Waals surface area contributed by atoms with Crippen LogP contribution in [0.15, 0.2) is 0 Å². The lowest BCUT2D eigenvalue weighted by Gasteiger charge is -2.29. The van der Waals surface area contributed by atoms with Gasteiger partial charge in [0, 0.05) is 18.5 Å². The molecule has 0 spiro atoms. The summed E-state index contributed by atoms with van der Waals surface area (Å²) in [5.74, 6) is 0.949. The number of carbonyl (C=O) groups is 1. The van der Waals surface area contributed by atoms with Gasteiger partial charge in [-0.1, -0.05) is 12.8 Å². The minimum atomic E-state index is 0. The summed E-state index contributed by atoms with van der Waals surface area (Å²) in [4.78, 5) is 11.8. The van der Waals surface area contributed by atoms with Gasteiger partial charge in [0.1, 0.15) is 0 Å². The molecular formula is C13H25ClN2O. The molecule has 1 heterocycles. The lowest BCUT2D eigenvalue weighted by molar-refractivity contribution is -0.122. The van der Waals surface area contributed by atoms with Crippen LogP contribution in [-0.4, -0.2) is 24.5 Å². The Morgan fingerprint density at radius 2 is 2.00 bits per heavy atom. The third-order valence-electron chi connectivity index (χ3n) is 3.94. The first-order chi connectivity index (χ1) is 7.74. The van der Waals surface area contributed by atoms with E-state index >= 15 is 0 Å². The Kier molecular flexibility index (Phi) is 6.28. The molecule has 2 N–H and O–H groups in total. The van der Waals surface area contributed by atoms with E-state index in [1.165, 1.54) is 25.7 Å². The Hall–Kier alpha value is -0.280. The highest BCUT2D eigenvalue weighted by Gasteiger charge is 2.22. The van der Waals surface area contributed by atoms with E-state index in [2.05, 4.69) is 17.6 Å². The normalized spacial score (nSPS) is 29.7. The molecule has 1 saturated heterocycles. The van der Waals surface area contributed by atoms with Gasteiger partial charge >= 0.3 is 0 Å². The van der Waals surface area contributed by atoms with E-state index in [-0.39, 0.29) is 18.3 Å². The number of halogens is 1. The summed E-state index contributed by atoms with van der Waals surface area (Å²) in [6, 6.07) is 0.954. The van der Waals surface area contributed by atoms with Crippen LogP contribution in [0.25, 0.3) is 0 Å². The van der Waals surface area contributed by atoms with Crippen LogP contribution in [0.1, 0.15) is 51.9 Å². The molecule has 1 aliphatic carbocycles. The Morgan fingerprint density at radius 1 is 1.29 bits per heavy atom. The average Bonchev–Trinajstić information content (AvgIpc) is 2.70. The van der Waals surface area contributed by atoms with Crippen molar-refractivity contribution >= 4 is 18.3 Å². The lowest BCUT2D eigenvalue weighted by Crippen LogP contribution is -2.46. The van der Waals surface area contributed by atoms with Crippen LogP contribution in [0.2, 0.25) is 0 Å². The summed E-state index contributed by atoms with van der Waals surface area (Å²) in [5.41, 5.74) is 0. The zero-order chi connectivity index (χ0) is 11.4. The zero-order valence-corrected chi connectivity index (χ0v) is 11.5. The molecule has 1 aliphatic heterocycles. The fourth-order valence-electron chi connectivity index (χ4n) is 3.03. The number of nitrogens with one attached hydrogen (secondary N) is 2. The molecule has 4 heteroatoms. The third-order valence-corrected chi connectivity index (χ3v) is 3.94. The van der Waals surface area contributed by atoms with Crippen molar-refractivity contribution in [2.45, 2.75) is 64.0 Å². The van der Waals surface area contributed by atoms with Gasteiger partial charge in [-0.3, -0.25) is 4.79 Å². The molecule has 2 fully saturated rings. The molecule has 0 radical (unpaired) electrons. The molecular weight excluding hydrogens is 236 g/mol. The maximum Gasteiger partial charge on any atom is 0.220 e. The van der Waals surface area contributed by atoms with Crippen LogP contribution in [-0.2, 0) is 4.79 Å². The van der Waals surface area contributed by atoms with E-state index in [4.69, 9.17) is 0 Å². The Morgan fingerprint density at radius 3 is 2.65 bits per heavy atom. The first-order valence-corrected chi connectivity index (χ1v) is 6.77. The first-order valence-electron chi connectivity index (χ1n) is 6.77. The van der Waals surface area contributed by atoms with Gasteiger partial charge in [-0.05, 0) is 45.1 Å². The summed E-state index contributed by atoms with van der Waals surface area (Å²) in [6.45, 7) is 3.23. The second-order valence-corrected chi connectivity index (χ2v) is 5.50. The van der Waals surface area contributed by atoms with E-state index in [0.29, 0.717) is 18.0 Å². The van der Waals surface area contributed by atoms with Crippen molar-refractivity contribution in [1.82, 2.24) is 10.6 Å². The van der Waals surface area contributed by atoms with E-state index in [1.807, 2.05) is 0 Å². The van der Waals surface area contributed by atoms with Gasteiger partial charge in [-0.15, -0.1) is 12.4 Å². The Balaban J connectivity index is 0.00000144. The van der Waals surface area contributed by atoms with Crippen molar-refractivity contribution in [1.29, 1.82) is 0 Å². The van der Waals surface area contributed by atoms with Crippen LogP contribution in [0.5, 0.6) is 0 Å². The molecule has 0 aromatic rings. The Bertz CT molecular complexity index is 242. The Labute approximate surface area is 111 Å². The molecule has 2 atom stereocenters. The SMILES string of the molecule is CC1CC(NC(=O)CC2CCCC2)CCN1.Cl. The van der Waals surface area contributed by atoms with Gasteiger partial charge in [-0.25, -0.2) is 0 Å². The predicted octanol–water partition coefficient (Wildman–Crippen LogP) is 2.25. The fourth-order valence-corrected chi connectivity index (χ4v) is 3.03. The molecule has 2 rings (SSSR count). The van der Waals surface area contributed by atoms with Crippen molar-refractivity contribution in [2.24, 2.45) is 5.92 Å². The molecule has 0 bridgehead atoms. The van der Waals surface area contributed by atoms with Crippen molar-refractivity contribution in [3.05, 3.63) is 0 Å². The van der Waals surface area contributed by atoms with Gasteiger partial charge in [0.2, 0.25) is 5.91 Å². The number of carbonyl (C=O) groups excluding carboxylic acids is 1. The highest BCUT2D eigenvalue weighted by molar-refractivity contribution is 5.85. The van der Waals surface area contributed by atoms with E-state index in [0.717, 1.165) is 25.8 Å². The number of hydrogen-bond donors (Lipinski definition) is 2. The van der Waals surface area contributed by atoms with Crippen LogP contribution in [0.3, 0.4) is 0 Å². The maximum atomic E-state index is 11.8. The first kappa shape index (κ1) is 14.8. The second kappa shape index (κ2) is 7.22. The van der Waals surface area contributed by atoms with Crippen LogP contribution >= 0.6 is 12.4 Å². The number of rotatable bonds is 3. The molecule has 1 amide bonds. The summed E-state index contributed by atoms with van der Waals surface area (Å²) in [7, 11) is 0.